The molecule has 0 spiro atoms. The average molecular weight is 275 g/mol. The fourth-order valence-electron chi connectivity index (χ4n) is 1.88. The summed E-state index contributed by atoms with van der Waals surface area (Å²) >= 11 is 0. The topological polar surface area (TPSA) is 81.2 Å². The van der Waals surface area contributed by atoms with Gasteiger partial charge in [0.25, 0.3) is 5.69 Å². The van der Waals surface area contributed by atoms with Crippen molar-refractivity contribution in [3.63, 3.8) is 0 Å². The maximum Gasteiger partial charge on any atom is 0.273 e. The minimum atomic E-state index is -0.502. The fourth-order valence-corrected chi connectivity index (χ4v) is 1.88. The fraction of sp³-hybridized carbons (Fsp3) is 0.143. The first kappa shape index (κ1) is 13.8. The summed E-state index contributed by atoms with van der Waals surface area (Å²) in [6, 6.07) is 10.8. The van der Waals surface area contributed by atoms with E-state index >= 15 is 0 Å². The van der Waals surface area contributed by atoms with Gasteiger partial charge in [0.1, 0.15) is 5.82 Å². The quantitative estimate of drug-likeness (QED) is 0.499. The molecular weight excluding hydrogens is 261 g/mol. The predicted octanol–water partition coefficient (Wildman–Crippen LogP) is 2.97. The molecule has 0 saturated carbocycles. The molecule has 2 rings (SSSR count). The summed E-state index contributed by atoms with van der Waals surface area (Å²) in [5, 5.41) is 13.7. The number of anilines is 2. The Morgan fingerprint density at radius 2 is 2.00 bits per heavy atom. The Morgan fingerprint density at radius 3 is 2.70 bits per heavy atom. The number of hydrogen-bond acceptors (Lipinski definition) is 4. The molecule has 0 aliphatic rings. The molecule has 0 aromatic heterocycles. The number of benzene rings is 2. The summed E-state index contributed by atoms with van der Waals surface area (Å²) < 4.78 is 13.4. The van der Waals surface area contributed by atoms with Gasteiger partial charge in [-0.05, 0) is 24.1 Å². The maximum absolute atomic E-state index is 13.4. The zero-order valence-electron chi connectivity index (χ0n) is 10.7. The van der Waals surface area contributed by atoms with Crippen LogP contribution in [0.5, 0.6) is 0 Å². The number of nitrogen functional groups attached to an aromatic ring is 1. The first-order valence-corrected chi connectivity index (χ1v) is 6.08. The molecule has 0 heterocycles. The van der Waals surface area contributed by atoms with E-state index in [1.54, 1.807) is 24.3 Å². The minimum absolute atomic E-state index is 0.0709. The number of hydrogen-bond donors (Lipinski definition) is 2. The Hall–Kier alpha value is -2.63. The number of non-ortho nitro benzene ring substituents is 1. The zero-order chi connectivity index (χ0) is 14.5. The van der Waals surface area contributed by atoms with Gasteiger partial charge < -0.3 is 11.1 Å². The Kier molecular flexibility index (Phi) is 4.14. The van der Waals surface area contributed by atoms with Gasteiger partial charge in [0.15, 0.2) is 0 Å². The SMILES string of the molecule is Nc1cc(NCCc2ccccc2F)cc([N+](=O)[O-])c1. The van der Waals surface area contributed by atoms with Crippen LogP contribution in [0.1, 0.15) is 5.56 Å². The normalized spacial score (nSPS) is 10.2. The van der Waals surface area contributed by atoms with E-state index in [2.05, 4.69) is 5.32 Å². The van der Waals surface area contributed by atoms with Gasteiger partial charge in [0.2, 0.25) is 0 Å². The Morgan fingerprint density at radius 1 is 1.25 bits per heavy atom. The van der Waals surface area contributed by atoms with E-state index in [0.29, 0.717) is 29.9 Å². The van der Waals surface area contributed by atoms with Gasteiger partial charge in [-0.15, -0.1) is 0 Å². The van der Waals surface area contributed by atoms with Crippen LogP contribution in [0.4, 0.5) is 21.5 Å². The van der Waals surface area contributed by atoms with Crippen molar-refractivity contribution >= 4 is 17.1 Å². The molecule has 104 valence electrons. The van der Waals surface area contributed by atoms with Crippen LogP contribution in [-0.4, -0.2) is 11.5 Å². The first-order valence-electron chi connectivity index (χ1n) is 6.08. The van der Waals surface area contributed by atoms with Crippen molar-refractivity contribution in [3.8, 4) is 0 Å². The molecule has 6 heteroatoms. The molecule has 0 amide bonds. The van der Waals surface area contributed by atoms with Crippen LogP contribution < -0.4 is 11.1 Å². The smallest absolute Gasteiger partial charge is 0.273 e. The van der Waals surface area contributed by atoms with Gasteiger partial charge in [-0.1, -0.05) is 18.2 Å². The van der Waals surface area contributed by atoms with Gasteiger partial charge in [-0.2, -0.15) is 0 Å². The molecule has 0 unspecified atom stereocenters. The first-order chi connectivity index (χ1) is 9.56. The molecule has 2 aromatic carbocycles. The van der Waals surface area contributed by atoms with E-state index in [4.69, 9.17) is 5.73 Å². The van der Waals surface area contributed by atoms with E-state index < -0.39 is 4.92 Å². The van der Waals surface area contributed by atoms with Crippen LogP contribution in [0.3, 0.4) is 0 Å². The third-order valence-corrected chi connectivity index (χ3v) is 2.83. The third kappa shape index (κ3) is 3.44. The summed E-state index contributed by atoms with van der Waals surface area (Å²) in [7, 11) is 0. The van der Waals surface area contributed by atoms with Crippen LogP contribution >= 0.6 is 0 Å². The Labute approximate surface area is 115 Å². The van der Waals surface area contributed by atoms with Gasteiger partial charge in [0, 0.05) is 30.1 Å². The van der Waals surface area contributed by atoms with Crippen molar-refractivity contribution in [1.82, 2.24) is 0 Å². The summed E-state index contributed by atoms with van der Waals surface area (Å²) in [4.78, 5) is 10.2. The predicted molar refractivity (Wildman–Crippen MR) is 76.1 cm³/mol. The van der Waals surface area contributed by atoms with E-state index in [0.717, 1.165) is 0 Å². The van der Waals surface area contributed by atoms with Crippen molar-refractivity contribution in [1.29, 1.82) is 0 Å². The highest BCUT2D eigenvalue weighted by Gasteiger charge is 2.08. The van der Waals surface area contributed by atoms with Gasteiger partial charge in [-0.3, -0.25) is 10.1 Å². The second-order valence-electron chi connectivity index (χ2n) is 4.34. The van der Waals surface area contributed by atoms with Crippen LogP contribution in [0.25, 0.3) is 0 Å². The highest BCUT2D eigenvalue weighted by molar-refractivity contribution is 5.61. The molecule has 0 aliphatic heterocycles. The molecule has 0 atom stereocenters. The molecular formula is C14H14FN3O2. The van der Waals surface area contributed by atoms with Crippen molar-refractivity contribution in [3.05, 3.63) is 64.0 Å². The Bertz CT molecular complexity index is 632. The van der Waals surface area contributed by atoms with Crippen molar-refractivity contribution in [2.45, 2.75) is 6.42 Å². The lowest BCUT2D eigenvalue weighted by Gasteiger charge is -2.08. The summed E-state index contributed by atoms with van der Waals surface area (Å²) in [6.45, 7) is 0.460. The van der Waals surface area contributed by atoms with E-state index in [1.807, 2.05) is 0 Å². The maximum atomic E-state index is 13.4. The van der Waals surface area contributed by atoms with Crippen LogP contribution in [0, 0.1) is 15.9 Å². The molecule has 2 aromatic rings. The number of rotatable bonds is 5. The molecule has 5 nitrogen and oxygen atoms in total. The van der Waals surface area contributed by atoms with E-state index in [-0.39, 0.29) is 11.5 Å². The van der Waals surface area contributed by atoms with Crippen molar-refractivity contribution in [2.24, 2.45) is 0 Å². The van der Waals surface area contributed by atoms with Crippen LogP contribution in [0.15, 0.2) is 42.5 Å². The second kappa shape index (κ2) is 6.01. The highest BCUT2D eigenvalue weighted by atomic mass is 19.1. The van der Waals surface area contributed by atoms with Gasteiger partial charge >= 0.3 is 0 Å². The molecule has 3 N–H and O–H groups in total. The standard InChI is InChI=1S/C14H14FN3O2/c15-14-4-2-1-3-10(14)5-6-17-12-7-11(16)8-13(9-12)18(19)20/h1-4,7-9,17H,5-6,16H2. The van der Waals surface area contributed by atoms with Crippen LogP contribution in [0.2, 0.25) is 0 Å². The number of halogens is 1. The summed E-state index contributed by atoms with van der Waals surface area (Å²) in [5.74, 6) is -0.257. The van der Waals surface area contributed by atoms with Crippen molar-refractivity contribution < 1.29 is 9.31 Å². The molecule has 0 radical (unpaired) electrons. The number of nitro groups is 1. The molecule has 0 saturated heterocycles. The number of nitrogens with one attached hydrogen (secondary N) is 1. The monoisotopic (exact) mass is 275 g/mol. The highest BCUT2D eigenvalue weighted by Crippen LogP contribution is 2.22. The zero-order valence-corrected chi connectivity index (χ0v) is 10.7. The lowest BCUT2D eigenvalue weighted by molar-refractivity contribution is -0.384. The van der Waals surface area contributed by atoms with E-state index in [9.17, 15) is 14.5 Å². The van der Waals surface area contributed by atoms with Gasteiger partial charge in [0.05, 0.1) is 4.92 Å². The molecule has 0 aliphatic carbocycles. The number of nitrogens with zero attached hydrogens (tertiary/aromatic N) is 1. The summed E-state index contributed by atoms with van der Waals surface area (Å²) in [6.07, 6.45) is 0.481. The lowest BCUT2D eigenvalue weighted by atomic mass is 10.1. The number of nitro benzene ring substituents is 1. The third-order valence-electron chi connectivity index (χ3n) is 2.83. The average Bonchev–Trinajstić information content (AvgIpc) is 2.40. The number of nitrogens with two attached hydrogens (primary N) is 1. The van der Waals surface area contributed by atoms with E-state index in [1.165, 1.54) is 18.2 Å². The summed E-state index contributed by atoms with van der Waals surface area (Å²) in [5.41, 5.74) is 6.99. The largest absolute Gasteiger partial charge is 0.398 e. The Balaban J connectivity index is 2.01. The minimum Gasteiger partial charge on any atom is -0.398 e. The molecule has 0 fully saturated rings. The molecule has 20 heavy (non-hydrogen) atoms. The lowest BCUT2D eigenvalue weighted by Crippen LogP contribution is -2.06. The van der Waals surface area contributed by atoms with Crippen LogP contribution in [-0.2, 0) is 6.42 Å². The van der Waals surface area contributed by atoms with Crippen molar-refractivity contribution in [2.75, 3.05) is 17.6 Å². The second-order valence-corrected chi connectivity index (χ2v) is 4.34. The molecule has 0 bridgehead atoms. The van der Waals surface area contributed by atoms with Gasteiger partial charge in [-0.25, -0.2) is 4.39 Å².